The van der Waals surface area contributed by atoms with Crippen LogP contribution >= 0.6 is 11.6 Å². The highest BCUT2D eigenvalue weighted by molar-refractivity contribution is 6.23. The Kier molecular flexibility index (Phi) is 4.86. The van der Waals surface area contributed by atoms with E-state index < -0.39 is 27.1 Å². The minimum absolute atomic E-state index is 0.177. The molecular formula is C18H15ClN2O6. The van der Waals surface area contributed by atoms with Gasteiger partial charge in [0, 0.05) is 23.3 Å². The van der Waals surface area contributed by atoms with Gasteiger partial charge in [-0.2, -0.15) is 0 Å². The molecule has 0 aromatic heterocycles. The summed E-state index contributed by atoms with van der Waals surface area (Å²) in [5, 5.41) is 33.4. The standard InChI is InChI=1S/C18H15ClN2O6/c1-2-4-11-5-3-6-14-15(11)27-17(18(19,16(14)22)21(25)26)12-7-9-13(10-8-12)20(23)24/h2-3,5-10,16-17,22H,1,4H2/t16-,17-,18+/m0/s1. The second-order valence-electron chi connectivity index (χ2n) is 6.06. The molecule has 0 bridgehead atoms. The molecule has 0 aliphatic carbocycles. The fraction of sp³-hybridized carbons (Fsp3) is 0.222. The number of fused-ring (bicyclic) bond motifs is 1. The van der Waals surface area contributed by atoms with Gasteiger partial charge in [0.2, 0.25) is 6.10 Å². The molecule has 1 aliphatic rings. The number of aliphatic hydroxyl groups is 1. The molecule has 140 valence electrons. The van der Waals surface area contributed by atoms with Gasteiger partial charge in [-0.1, -0.05) is 24.3 Å². The Hall–Kier alpha value is -2.97. The average Bonchev–Trinajstić information content (AvgIpc) is 2.65. The van der Waals surface area contributed by atoms with Crippen LogP contribution in [-0.2, 0) is 6.42 Å². The highest BCUT2D eigenvalue weighted by atomic mass is 35.5. The first-order chi connectivity index (χ1) is 12.8. The number of nitro benzene ring substituents is 1. The molecule has 0 spiro atoms. The van der Waals surface area contributed by atoms with Crippen molar-refractivity contribution in [1.82, 2.24) is 0 Å². The van der Waals surface area contributed by atoms with Crippen molar-refractivity contribution >= 4 is 17.3 Å². The molecular weight excluding hydrogens is 376 g/mol. The van der Waals surface area contributed by atoms with Gasteiger partial charge in [-0.15, -0.1) is 6.58 Å². The highest BCUT2D eigenvalue weighted by Crippen LogP contribution is 2.52. The molecule has 9 heteroatoms. The zero-order chi connectivity index (χ0) is 19.8. The summed E-state index contributed by atoms with van der Waals surface area (Å²) < 4.78 is 5.90. The van der Waals surface area contributed by atoms with Crippen molar-refractivity contribution in [3.8, 4) is 5.75 Å². The third-order valence-corrected chi connectivity index (χ3v) is 5.00. The van der Waals surface area contributed by atoms with Gasteiger partial charge in [0.1, 0.15) is 5.75 Å². The van der Waals surface area contributed by atoms with E-state index in [2.05, 4.69) is 6.58 Å². The minimum Gasteiger partial charge on any atom is -0.476 e. The molecule has 2 aromatic carbocycles. The second kappa shape index (κ2) is 6.98. The van der Waals surface area contributed by atoms with Crippen LogP contribution in [0, 0.1) is 20.2 Å². The van der Waals surface area contributed by atoms with Gasteiger partial charge in [-0.3, -0.25) is 20.2 Å². The van der Waals surface area contributed by atoms with Crippen LogP contribution < -0.4 is 4.74 Å². The summed E-state index contributed by atoms with van der Waals surface area (Å²) in [6, 6.07) is 9.98. The Morgan fingerprint density at radius 2 is 1.89 bits per heavy atom. The number of rotatable bonds is 5. The topological polar surface area (TPSA) is 116 Å². The summed E-state index contributed by atoms with van der Waals surface area (Å²) in [6.45, 7) is 3.67. The molecule has 0 unspecified atom stereocenters. The van der Waals surface area contributed by atoms with Crippen molar-refractivity contribution in [1.29, 1.82) is 0 Å². The van der Waals surface area contributed by atoms with Crippen LogP contribution in [0.25, 0.3) is 0 Å². The summed E-state index contributed by atoms with van der Waals surface area (Å²) in [6.07, 6.45) is -0.940. The molecule has 3 rings (SSSR count). The predicted octanol–water partition coefficient (Wildman–Crippen LogP) is 3.70. The van der Waals surface area contributed by atoms with Crippen LogP contribution in [0.1, 0.15) is 28.9 Å². The van der Waals surface area contributed by atoms with Crippen LogP contribution in [0.4, 0.5) is 5.69 Å². The van der Waals surface area contributed by atoms with E-state index in [1.54, 1.807) is 18.2 Å². The molecule has 1 heterocycles. The fourth-order valence-corrected chi connectivity index (χ4v) is 3.40. The number of benzene rings is 2. The quantitative estimate of drug-likeness (QED) is 0.273. The number of non-ortho nitro benzene ring substituents is 1. The number of nitro groups is 2. The maximum Gasteiger partial charge on any atom is 0.364 e. The number of nitrogens with zero attached hydrogens (tertiary/aromatic N) is 2. The Bertz CT molecular complexity index is 917. The summed E-state index contributed by atoms with van der Waals surface area (Å²) in [7, 11) is 0. The van der Waals surface area contributed by atoms with Gasteiger partial charge in [0.25, 0.3) is 5.69 Å². The molecule has 0 saturated carbocycles. The number of aliphatic hydroxyl groups excluding tert-OH is 1. The lowest BCUT2D eigenvalue weighted by atomic mass is 9.88. The molecule has 27 heavy (non-hydrogen) atoms. The van der Waals surface area contributed by atoms with E-state index in [4.69, 9.17) is 16.3 Å². The van der Waals surface area contributed by atoms with Gasteiger partial charge < -0.3 is 9.84 Å². The zero-order valence-electron chi connectivity index (χ0n) is 13.9. The number of hydrogen-bond donors (Lipinski definition) is 1. The van der Waals surface area contributed by atoms with Crippen molar-refractivity contribution in [2.75, 3.05) is 0 Å². The van der Waals surface area contributed by atoms with E-state index in [0.29, 0.717) is 17.7 Å². The third kappa shape index (κ3) is 3.02. The maximum absolute atomic E-state index is 11.8. The number of alkyl halides is 1. The minimum atomic E-state index is -2.39. The average molecular weight is 391 g/mol. The highest BCUT2D eigenvalue weighted by Gasteiger charge is 2.61. The van der Waals surface area contributed by atoms with Crippen LogP contribution in [0.5, 0.6) is 5.75 Å². The molecule has 8 nitrogen and oxygen atoms in total. The normalized spacial score (nSPS) is 23.8. The second-order valence-corrected chi connectivity index (χ2v) is 6.67. The van der Waals surface area contributed by atoms with Gasteiger partial charge in [0.05, 0.1) is 9.85 Å². The first kappa shape index (κ1) is 18.8. The monoisotopic (exact) mass is 390 g/mol. The van der Waals surface area contributed by atoms with E-state index in [1.165, 1.54) is 30.3 Å². The molecule has 1 aliphatic heterocycles. The van der Waals surface area contributed by atoms with E-state index in [1.807, 2.05) is 0 Å². The van der Waals surface area contributed by atoms with Crippen molar-refractivity contribution in [2.24, 2.45) is 0 Å². The van der Waals surface area contributed by atoms with Crippen molar-refractivity contribution < 1.29 is 19.7 Å². The molecule has 3 atom stereocenters. The van der Waals surface area contributed by atoms with Crippen LogP contribution in [0.15, 0.2) is 55.1 Å². The number of ether oxygens (including phenoxy) is 1. The van der Waals surface area contributed by atoms with E-state index >= 15 is 0 Å². The molecule has 0 fully saturated rings. The Morgan fingerprint density at radius 1 is 1.22 bits per heavy atom. The van der Waals surface area contributed by atoms with Crippen LogP contribution in [-0.4, -0.2) is 20.0 Å². The SMILES string of the molecule is C=CCc1cccc2c1O[C@@H](c1ccc([N+](=O)[O-])cc1)[C@](Cl)([N+](=O)[O-])[C@H]2O. The van der Waals surface area contributed by atoms with E-state index in [0.717, 1.165) is 0 Å². The molecule has 2 aromatic rings. The van der Waals surface area contributed by atoms with Gasteiger partial charge >= 0.3 is 5.00 Å². The largest absolute Gasteiger partial charge is 0.476 e. The Balaban J connectivity index is 2.15. The number of hydrogen-bond acceptors (Lipinski definition) is 6. The summed E-state index contributed by atoms with van der Waals surface area (Å²) in [5.74, 6) is 0.298. The molecule has 0 saturated heterocycles. The molecule has 0 amide bonds. The van der Waals surface area contributed by atoms with Gasteiger partial charge in [0.15, 0.2) is 6.10 Å². The first-order valence-corrected chi connectivity index (χ1v) is 8.33. The maximum atomic E-state index is 11.8. The Labute approximate surface area is 158 Å². The number of para-hydroxylation sites is 1. The third-order valence-electron chi connectivity index (χ3n) is 4.46. The lowest BCUT2D eigenvalue weighted by Crippen LogP contribution is -2.49. The number of halogens is 1. The van der Waals surface area contributed by atoms with Crippen LogP contribution in [0.3, 0.4) is 0 Å². The fourth-order valence-electron chi connectivity index (χ4n) is 3.11. The van der Waals surface area contributed by atoms with Crippen molar-refractivity contribution in [3.63, 3.8) is 0 Å². The summed E-state index contributed by atoms with van der Waals surface area (Å²) in [5.41, 5.74) is 0.962. The smallest absolute Gasteiger partial charge is 0.364 e. The van der Waals surface area contributed by atoms with Gasteiger partial charge in [-0.05, 0) is 35.7 Å². The molecule has 0 radical (unpaired) electrons. The first-order valence-electron chi connectivity index (χ1n) is 7.95. The predicted molar refractivity (Wildman–Crippen MR) is 97.3 cm³/mol. The lowest BCUT2D eigenvalue weighted by molar-refractivity contribution is -0.570. The zero-order valence-corrected chi connectivity index (χ0v) is 14.7. The van der Waals surface area contributed by atoms with Gasteiger partial charge in [-0.25, -0.2) is 0 Å². The summed E-state index contributed by atoms with van der Waals surface area (Å²) in [4.78, 5) is 18.8. The van der Waals surface area contributed by atoms with Crippen molar-refractivity contribution in [3.05, 3.63) is 92.0 Å². The van der Waals surface area contributed by atoms with Crippen molar-refractivity contribution in [2.45, 2.75) is 23.6 Å². The van der Waals surface area contributed by atoms with Crippen LogP contribution in [0.2, 0.25) is 0 Å². The molecule has 1 N–H and O–H groups in total. The number of allylic oxidation sites excluding steroid dienone is 1. The lowest BCUT2D eigenvalue weighted by Gasteiger charge is -2.38. The van der Waals surface area contributed by atoms with E-state index in [-0.39, 0.29) is 16.8 Å². The summed E-state index contributed by atoms with van der Waals surface area (Å²) >= 11 is 6.29. The Morgan fingerprint density at radius 3 is 2.44 bits per heavy atom. The van der Waals surface area contributed by atoms with E-state index in [9.17, 15) is 25.3 Å².